The highest BCUT2D eigenvalue weighted by molar-refractivity contribution is 5.79. The van der Waals surface area contributed by atoms with Gasteiger partial charge in [-0.2, -0.15) is 0 Å². The Morgan fingerprint density at radius 3 is 1.95 bits per heavy atom. The van der Waals surface area contributed by atoms with E-state index in [1.54, 1.807) is 41.5 Å². The first-order chi connectivity index (χ1) is 8.94. The lowest BCUT2D eigenvalue weighted by Gasteiger charge is -2.24. The highest BCUT2D eigenvalue weighted by atomic mass is 16.6. The minimum absolute atomic E-state index is 0.0298. The summed E-state index contributed by atoms with van der Waals surface area (Å²) in [7, 11) is 0. The van der Waals surface area contributed by atoms with Crippen molar-refractivity contribution < 1.29 is 23.9 Å². The van der Waals surface area contributed by atoms with Crippen LogP contribution in [-0.4, -0.2) is 35.6 Å². The van der Waals surface area contributed by atoms with Gasteiger partial charge < -0.3 is 14.8 Å². The zero-order chi connectivity index (χ0) is 16.0. The van der Waals surface area contributed by atoms with Crippen LogP contribution in [-0.2, 0) is 23.9 Å². The van der Waals surface area contributed by atoms with E-state index in [9.17, 15) is 14.4 Å². The number of carbonyl (C=O) groups is 3. The number of hydrogen-bond donors (Lipinski definition) is 1. The Kier molecular flexibility index (Phi) is 6.68. The molecule has 0 aliphatic rings. The van der Waals surface area contributed by atoms with Gasteiger partial charge in [0.15, 0.2) is 0 Å². The van der Waals surface area contributed by atoms with E-state index in [1.165, 1.54) is 0 Å². The number of ether oxygens (including phenoxy) is 2. The summed E-state index contributed by atoms with van der Waals surface area (Å²) in [5, 5.41) is 2.36. The molecule has 20 heavy (non-hydrogen) atoms. The van der Waals surface area contributed by atoms with E-state index < -0.39 is 29.2 Å². The zero-order valence-electron chi connectivity index (χ0n) is 13.1. The molecule has 0 aromatic rings. The molecule has 1 atom stereocenters. The SMILES string of the molecule is CC(C)(C)OC(=O)CC[C@H](NC=O)C(=O)OC(C)(C)C. The van der Waals surface area contributed by atoms with E-state index in [0.29, 0.717) is 6.41 Å². The van der Waals surface area contributed by atoms with Crippen LogP contribution in [0.15, 0.2) is 0 Å². The predicted molar refractivity (Wildman–Crippen MR) is 73.9 cm³/mol. The van der Waals surface area contributed by atoms with Gasteiger partial charge >= 0.3 is 11.9 Å². The largest absolute Gasteiger partial charge is 0.460 e. The fourth-order valence-electron chi connectivity index (χ4n) is 1.38. The highest BCUT2D eigenvalue weighted by Crippen LogP contribution is 2.13. The van der Waals surface area contributed by atoms with Gasteiger partial charge in [0.1, 0.15) is 17.2 Å². The summed E-state index contributed by atoms with van der Waals surface area (Å²) in [6.45, 7) is 10.5. The van der Waals surface area contributed by atoms with Crippen LogP contribution in [0.4, 0.5) is 0 Å². The summed E-state index contributed by atoms with van der Waals surface area (Å²) in [5.74, 6) is -0.980. The van der Waals surface area contributed by atoms with Gasteiger partial charge in [0.25, 0.3) is 0 Å². The molecule has 0 heterocycles. The van der Waals surface area contributed by atoms with Crippen LogP contribution in [0.25, 0.3) is 0 Å². The van der Waals surface area contributed by atoms with Gasteiger partial charge in [-0.05, 0) is 48.0 Å². The third kappa shape index (κ3) is 9.35. The Labute approximate surface area is 120 Å². The Balaban J connectivity index is 4.45. The average molecular weight is 287 g/mol. The summed E-state index contributed by atoms with van der Waals surface area (Å²) in [5.41, 5.74) is -1.22. The zero-order valence-corrected chi connectivity index (χ0v) is 13.1. The second-order valence-electron chi connectivity index (χ2n) is 6.50. The van der Waals surface area contributed by atoms with Gasteiger partial charge in [0.05, 0.1) is 0 Å². The molecule has 0 saturated heterocycles. The van der Waals surface area contributed by atoms with Crippen LogP contribution in [0.1, 0.15) is 54.4 Å². The standard InChI is InChI=1S/C14H25NO5/c1-13(2,3)19-11(17)8-7-10(15-9-16)12(18)20-14(4,5)6/h9-10H,7-8H2,1-6H3,(H,15,16)/t10-/m0/s1. The molecule has 0 aliphatic heterocycles. The Bertz CT molecular complexity index is 352. The Morgan fingerprint density at radius 1 is 1.05 bits per heavy atom. The predicted octanol–water partition coefficient (Wildman–Crippen LogP) is 1.56. The molecule has 0 aliphatic carbocycles. The molecule has 6 nitrogen and oxygen atoms in total. The monoisotopic (exact) mass is 287 g/mol. The average Bonchev–Trinajstić information content (AvgIpc) is 2.18. The Hall–Kier alpha value is -1.59. The van der Waals surface area contributed by atoms with Gasteiger partial charge in [0, 0.05) is 6.42 Å². The van der Waals surface area contributed by atoms with Gasteiger partial charge in [-0.3, -0.25) is 9.59 Å². The second-order valence-corrected chi connectivity index (χ2v) is 6.50. The summed E-state index contributed by atoms with van der Waals surface area (Å²) in [6, 6.07) is -0.848. The van der Waals surface area contributed by atoms with E-state index in [2.05, 4.69) is 5.32 Å². The van der Waals surface area contributed by atoms with Crippen molar-refractivity contribution in [2.24, 2.45) is 0 Å². The molecular weight excluding hydrogens is 262 g/mol. The van der Waals surface area contributed by atoms with E-state index >= 15 is 0 Å². The molecule has 0 radical (unpaired) electrons. The smallest absolute Gasteiger partial charge is 0.329 e. The maximum atomic E-state index is 11.9. The minimum Gasteiger partial charge on any atom is -0.460 e. The van der Waals surface area contributed by atoms with Crippen LogP contribution < -0.4 is 5.32 Å². The normalized spacial score (nSPS) is 13.3. The molecule has 0 aromatic carbocycles. The number of carbonyl (C=O) groups excluding carboxylic acids is 3. The first-order valence-corrected chi connectivity index (χ1v) is 6.59. The number of esters is 2. The van der Waals surface area contributed by atoms with E-state index in [4.69, 9.17) is 9.47 Å². The maximum Gasteiger partial charge on any atom is 0.329 e. The molecule has 1 N–H and O–H groups in total. The van der Waals surface area contributed by atoms with Gasteiger partial charge in [-0.15, -0.1) is 0 Å². The molecule has 0 aromatic heterocycles. The van der Waals surface area contributed by atoms with Crippen LogP contribution in [0.2, 0.25) is 0 Å². The van der Waals surface area contributed by atoms with Crippen LogP contribution in [0.5, 0.6) is 0 Å². The van der Waals surface area contributed by atoms with Crippen molar-refractivity contribution in [3.8, 4) is 0 Å². The van der Waals surface area contributed by atoms with Gasteiger partial charge in [-0.25, -0.2) is 4.79 Å². The molecule has 0 unspecified atom stereocenters. The lowest BCUT2D eigenvalue weighted by atomic mass is 10.1. The molecule has 116 valence electrons. The number of nitrogens with one attached hydrogen (secondary N) is 1. The van der Waals surface area contributed by atoms with Crippen molar-refractivity contribution in [1.29, 1.82) is 0 Å². The summed E-state index contributed by atoms with van der Waals surface area (Å²) in [6.07, 6.45) is 0.592. The molecule has 0 spiro atoms. The van der Waals surface area contributed by atoms with Crippen LogP contribution in [0, 0.1) is 0 Å². The molecule has 6 heteroatoms. The van der Waals surface area contributed by atoms with E-state index in [1.807, 2.05) is 0 Å². The minimum atomic E-state index is -0.848. The maximum absolute atomic E-state index is 11.9. The topological polar surface area (TPSA) is 81.7 Å². The van der Waals surface area contributed by atoms with E-state index in [-0.39, 0.29) is 12.8 Å². The first kappa shape index (κ1) is 18.4. The molecule has 0 bridgehead atoms. The molecular formula is C14H25NO5. The first-order valence-electron chi connectivity index (χ1n) is 6.59. The highest BCUT2D eigenvalue weighted by Gasteiger charge is 2.26. The molecule has 0 fully saturated rings. The van der Waals surface area contributed by atoms with Crippen molar-refractivity contribution in [1.82, 2.24) is 5.32 Å². The van der Waals surface area contributed by atoms with Crippen LogP contribution >= 0.6 is 0 Å². The lowest BCUT2D eigenvalue weighted by molar-refractivity contribution is -0.159. The van der Waals surface area contributed by atoms with Crippen LogP contribution in [0.3, 0.4) is 0 Å². The number of rotatable bonds is 6. The summed E-state index contributed by atoms with van der Waals surface area (Å²) < 4.78 is 10.3. The molecule has 0 saturated carbocycles. The molecule has 0 rings (SSSR count). The van der Waals surface area contributed by atoms with E-state index in [0.717, 1.165) is 0 Å². The van der Waals surface area contributed by atoms with Crippen molar-refractivity contribution in [3.63, 3.8) is 0 Å². The lowest BCUT2D eigenvalue weighted by Crippen LogP contribution is -2.41. The fraction of sp³-hybridized carbons (Fsp3) is 0.786. The summed E-state index contributed by atoms with van der Waals surface area (Å²) >= 11 is 0. The molecule has 1 amide bonds. The number of amides is 1. The van der Waals surface area contributed by atoms with Crippen molar-refractivity contribution in [2.75, 3.05) is 0 Å². The fourth-order valence-corrected chi connectivity index (χ4v) is 1.38. The van der Waals surface area contributed by atoms with Gasteiger partial charge in [-0.1, -0.05) is 0 Å². The van der Waals surface area contributed by atoms with Crippen molar-refractivity contribution in [2.45, 2.75) is 71.6 Å². The second kappa shape index (κ2) is 7.26. The summed E-state index contributed by atoms with van der Waals surface area (Å²) in [4.78, 5) is 34.0. The van der Waals surface area contributed by atoms with Crippen molar-refractivity contribution in [3.05, 3.63) is 0 Å². The van der Waals surface area contributed by atoms with Crippen molar-refractivity contribution >= 4 is 18.3 Å². The number of hydrogen-bond acceptors (Lipinski definition) is 5. The van der Waals surface area contributed by atoms with Gasteiger partial charge in [0.2, 0.25) is 6.41 Å². The third-order valence-electron chi connectivity index (χ3n) is 2.02. The quantitative estimate of drug-likeness (QED) is 0.592. The Morgan fingerprint density at radius 2 is 1.55 bits per heavy atom. The third-order valence-corrected chi connectivity index (χ3v) is 2.02.